The lowest BCUT2D eigenvalue weighted by Gasteiger charge is -2.23. The van der Waals surface area contributed by atoms with Crippen molar-refractivity contribution in [3.63, 3.8) is 0 Å². The van der Waals surface area contributed by atoms with Gasteiger partial charge in [0, 0.05) is 37.2 Å². The Labute approximate surface area is 155 Å². The van der Waals surface area contributed by atoms with E-state index < -0.39 is 0 Å². The first kappa shape index (κ1) is 20.9. The molecule has 0 spiro atoms. The summed E-state index contributed by atoms with van der Waals surface area (Å²) >= 11 is 3.57. The van der Waals surface area contributed by atoms with E-state index in [1.54, 1.807) is 0 Å². The van der Waals surface area contributed by atoms with Crippen LogP contribution in [0, 0.1) is 0 Å². The zero-order valence-electron chi connectivity index (χ0n) is 13.8. The van der Waals surface area contributed by atoms with E-state index in [0.717, 1.165) is 58.9 Å². The predicted octanol–water partition coefficient (Wildman–Crippen LogP) is 2.24. The largest absolute Gasteiger partial charge is 0.315 e. The van der Waals surface area contributed by atoms with Gasteiger partial charge in [0.1, 0.15) is 0 Å². The molecule has 0 radical (unpaired) electrons. The Balaban J connectivity index is 0.00000264. The first-order valence-corrected chi connectivity index (χ1v) is 9.23. The summed E-state index contributed by atoms with van der Waals surface area (Å²) in [7, 11) is 0. The lowest BCUT2D eigenvalue weighted by molar-refractivity contribution is 0.260. The second-order valence-corrected chi connectivity index (χ2v) is 6.78. The van der Waals surface area contributed by atoms with E-state index in [2.05, 4.69) is 61.0 Å². The maximum atomic E-state index is 3.57. The Kier molecular flexibility index (Phi) is 11.9. The number of rotatable bonds is 2. The number of hydrogen-bond donors (Lipinski definition) is 3. The molecule has 3 N–H and O–H groups in total. The van der Waals surface area contributed by atoms with Crippen LogP contribution in [0.3, 0.4) is 0 Å². The van der Waals surface area contributed by atoms with Gasteiger partial charge in [-0.2, -0.15) is 0 Å². The molecule has 2 rings (SSSR count). The fourth-order valence-electron chi connectivity index (χ4n) is 2.72. The molecule has 132 valence electrons. The Morgan fingerprint density at radius 1 is 0.870 bits per heavy atom. The van der Waals surface area contributed by atoms with Crippen LogP contribution in [0.2, 0.25) is 0 Å². The van der Waals surface area contributed by atoms with Crippen molar-refractivity contribution in [3.8, 4) is 0 Å². The third-order valence-corrected chi connectivity index (χ3v) is 4.41. The fourth-order valence-corrected chi connectivity index (χ4v) is 3.17. The van der Waals surface area contributed by atoms with E-state index in [9.17, 15) is 0 Å². The quantitative estimate of drug-likeness (QED) is 0.705. The Morgan fingerprint density at radius 2 is 1.57 bits per heavy atom. The van der Waals surface area contributed by atoms with Crippen molar-refractivity contribution < 1.29 is 0 Å². The lowest BCUT2D eigenvalue weighted by Crippen LogP contribution is -2.36. The molecule has 0 bridgehead atoms. The number of hydrogen-bond acceptors (Lipinski definition) is 4. The molecule has 1 fully saturated rings. The van der Waals surface area contributed by atoms with Crippen LogP contribution in [0.5, 0.6) is 0 Å². The molecule has 1 aliphatic heterocycles. The van der Waals surface area contributed by atoms with Crippen molar-refractivity contribution in [2.24, 2.45) is 0 Å². The van der Waals surface area contributed by atoms with Crippen LogP contribution < -0.4 is 16.0 Å². The molecule has 23 heavy (non-hydrogen) atoms. The molecule has 1 aliphatic rings. The predicted molar refractivity (Wildman–Crippen MR) is 105 cm³/mol. The number of halogens is 2. The van der Waals surface area contributed by atoms with Crippen LogP contribution in [0.15, 0.2) is 28.7 Å². The molecule has 4 nitrogen and oxygen atoms in total. The van der Waals surface area contributed by atoms with Crippen LogP contribution >= 0.6 is 28.3 Å². The molecular weight excluding hydrogens is 376 g/mol. The average molecular weight is 406 g/mol. The van der Waals surface area contributed by atoms with Gasteiger partial charge in [0.25, 0.3) is 0 Å². The van der Waals surface area contributed by atoms with Gasteiger partial charge in [-0.15, -0.1) is 12.4 Å². The molecule has 1 heterocycles. The van der Waals surface area contributed by atoms with E-state index in [-0.39, 0.29) is 12.4 Å². The molecule has 0 unspecified atom stereocenters. The summed E-state index contributed by atoms with van der Waals surface area (Å²) in [5, 5.41) is 10.5. The van der Waals surface area contributed by atoms with E-state index in [4.69, 9.17) is 0 Å². The van der Waals surface area contributed by atoms with E-state index in [1.165, 1.54) is 22.9 Å². The Bertz CT molecular complexity index is 405. The van der Waals surface area contributed by atoms with Crippen molar-refractivity contribution in [3.05, 3.63) is 34.3 Å². The maximum absolute atomic E-state index is 3.57. The molecule has 6 heteroatoms. The normalized spacial score (nSPS) is 19.5. The average Bonchev–Trinajstić information content (AvgIpc) is 2.51. The molecule has 0 saturated carbocycles. The second-order valence-electron chi connectivity index (χ2n) is 5.86. The van der Waals surface area contributed by atoms with Gasteiger partial charge in [0.05, 0.1) is 0 Å². The topological polar surface area (TPSA) is 39.3 Å². The second kappa shape index (κ2) is 13.2. The van der Waals surface area contributed by atoms with Crippen molar-refractivity contribution in [1.82, 2.24) is 20.9 Å². The van der Waals surface area contributed by atoms with Gasteiger partial charge in [-0.1, -0.05) is 28.1 Å². The Hall–Kier alpha value is -0.170. The summed E-state index contributed by atoms with van der Waals surface area (Å²) in [6, 6.07) is 8.65. The third kappa shape index (κ3) is 9.65. The number of nitrogens with one attached hydrogen (secondary N) is 3. The summed E-state index contributed by atoms with van der Waals surface area (Å²) in [6.45, 7) is 9.81. The van der Waals surface area contributed by atoms with Gasteiger partial charge >= 0.3 is 0 Å². The highest BCUT2D eigenvalue weighted by molar-refractivity contribution is 9.10. The van der Waals surface area contributed by atoms with Gasteiger partial charge in [-0.3, -0.25) is 4.90 Å². The van der Waals surface area contributed by atoms with Gasteiger partial charge in [-0.05, 0) is 56.7 Å². The van der Waals surface area contributed by atoms with Crippen LogP contribution in [0.25, 0.3) is 0 Å². The van der Waals surface area contributed by atoms with Crippen molar-refractivity contribution in [2.45, 2.75) is 19.4 Å². The van der Waals surface area contributed by atoms with E-state index in [0.29, 0.717) is 0 Å². The van der Waals surface area contributed by atoms with Crippen molar-refractivity contribution in [2.75, 3.05) is 52.4 Å². The van der Waals surface area contributed by atoms with Crippen LogP contribution in [0.1, 0.15) is 18.4 Å². The van der Waals surface area contributed by atoms with Crippen LogP contribution in [0.4, 0.5) is 0 Å². The summed E-state index contributed by atoms with van der Waals surface area (Å²) in [4.78, 5) is 2.56. The summed E-state index contributed by atoms with van der Waals surface area (Å²) in [5.41, 5.74) is 1.38. The van der Waals surface area contributed by atoms with Gasteiger partial charge < -0.3 is 16.0 Å². The summed E-state index contributed by atoms with van der Waals surface area (Å²) in [5.74, 6) is 0. The summed E-state index contributed by atoms with van der Waals surface area (Å²) in [6.07, 6.45) is 2.40. The molecule has 0 amide bonds. The van der Waals surface area contributed by atoms with Gasteiger partial charge in [-0.25, -0.2) is 0 Å². The number of benzene rings is 1. The first-order valence-electron chi connectivity index (χ1n) is 8.43. The molecule has 1 aromatic rings. The highest BCUT2D eigenvalue weighted by Crippen LogP contribution is 2.13. The molecule has 0 aliphatic carbocycles. The molecule has 0 aromatic heterocycles. The van der Waals surface area contributed by atoms with Crippen molar-refractivity contribution >= 4 is 28.3 Å². The fraction of sp³-hybridized carbons (Fsp3) is 0.647. The lowest BCUT2D eigenvalue weighted by atomic mass is 10.2. The smallest absolute Gasteiger partial charge is 0.0234 e. The highest BCUT2D eigenvalue weighted by Gasteiger charge is 2.06. The zero-order valence-corrected chi connectivity index (χ0v) is 16.2. The van der Waals surface area contributed by atoms with Gasteiger partial charge in [0.2, 0.25) is 0 Å². The van der Waals surface area contributed by atoms with Crippen molar-refractivity contribution in [1.29, 1.82) is 0 Å². The molecule has 1 aromatic carbocycles. The maximum Gasteiger partial charge on any atom is 0.0234 e. The minimum Gasteiger partial charge on any atom is -0.315 e. The van der Waals surface area contributed by atoms with Crippen LogP contribution in [-0.4, -0.2) is 57.3 Å². The highest BCUT2D eigenvalue weighted by atomic mass is 79.9. The van der Waals surface area contributed by atoms with Crippen LogP contribution in [-0.2, 0) is 6.54 Å². The standard InChI is InChI=1S/C17H29BrN4.ClH/c18-17-5-1-4-16(14-17)15-22-12-3-8-20-10-9-19-6-2-7-21-11-13-22;/h1,4-5,14,19-21H,2-3,6-13,15H2;1H. The molecule has 0 atom stereocenters. The van der Waals surface area contributed by atoms with Gasteiger partial charge in [0.15, 0.2) is 0 Å². The first-order chi connectivity index (χ1) is 10.8. The minimum atomic E-state index is 0. The zero-order chi connectivity index (χ0) is 15.5. The monoisotopic (exact) mass is 404 g/mol. The van der Waals surface area contributed by atoms with E-state index >= 15 is 0 Å². The Morgan fingerprint density at radius 3 is 2.30 bits per heavy atom. The minimum absolute atomic E-state index is 0. The summed E-state index contributed by atoms with van der Waals surface area (Å²) < 4.78 is 1.17. The van der Waals surface area contributed by atoms with E-state index in [1.807, 2.05) is 0 Å². The molecular formula is C17H30BrClN4. The SMILES string of the molecule is Brc1cccc(CN2CCCNCCNCCCNCC2)c1.Cl. The third-order valence-electron chi connectivity index (χ3n) is 3.91. The molecule has 1 saturated heterocycles. The number of nitrogens with zero attached hydrogens (tertiary/aromatic N) is 1.